The zero-order chi connectivity index (χ0) is 22.9. The molecule has 3 aromatic rings. The summed E-state index contributed by atoms with van der Waals surface area (Å²) in [7, 11) is 0. The number of hydrogen-bond donors (Lipinski definition) is 0. The van der Waals surface area contributed by atoms with Gasteiger partial charge in [-0.05, 0) is 55.2 Å². The molecule has 0 aliphatic carbocycles. The Morgan fingerprint density at radius 2 is 2.06 bits per heavy atom. The predicted octanol–water partition coefficient (Wildman–Crippen LogP) is 4.84. The third-order valence-corrected chi connectivity index (χ3v) is 6.29. The van der Waals surface area contributed by atoms with Crippen LogP contribution in [0.1, 0.15) is 60.3 Å². The first-order valence-electron chi connectivity index (χ1n) is 11.5. The fraction of sp³-hybridized carbons (Fsp3) is 0.385. The van der Waals surface area contributed by atoms with Gasteiger partial charge in [0.15, 0.2) is 5.43 Å². The average Bonchev–Trinajstić information content (AvgIpc) is 3.42. The smallest absolute Gasteiger partial charge is 0.291 e. The number of unbranched alkanes of at least 4 members (excludes halogenated alkanes) is 1. The van der Waals surface area contributed by atoms with Gasteiger partial charge in [-0.15, -0.1) is 0 Å². The molecule has 33 heavy (non-hydrogen) atoms. The normalized spacial score (nSPS) is 19.9. The van der Waals surface area contributed by atoms with Crippen LogP contribution in [-0.2, 0) is 4.74 Å². The van der Waals surface area contributed by atoms with Gasteiger partial charge in [0.1, 0.15) is 17.1 Å². The fourth-order valence-corrected chi connectivity index (χ4v) is 4.64. The lowest BCUT2D eigenvalue weighted by molar-refractivity contribution is 0.0486. The summed E-state index contributed by atoms with van der Waals surface area (Å²) in [5.41, 5.74) is 0.790. The van der Waals surface area contributed by atoms with Crippen molar-refractivity contribution in [3.8, 4) is 5.75 Å². The molecule has 2 atom stereocenters. The lowest BCUT2D eigenvalue weighted by Crippen LogP contribution is -2.36. The Morgan fingerprint density at radius 3 is 2.85 bits per heavy atom. The second-order valence-electron chi connectivity index (χ2n) is 8.58. The highest BCUT2D eigenvalue weighted by atomic mass is 19.1. The van der Waals surface area contributed by atoms with Crippen LogP contribution >= 0.6 is 0 Å². The van der Waals surface area contributed by atoms with Crippen molar-refractivity contribution in [1.82, 2.24) is 4.90 Å². The van der Waals surface area contributed by atoms with Crippen molar-refractivity contribution < 1.29 is 23.1 Å². The molecule has 3 heterocycles. The molecule has 0 radical (unpaired) electrons. The number of nitrogens with zero attached hydrogens (tertiary/aromatic N) is 1. The molecule has 0 saturated carbocycles. The van der Waals surface area contributed by atoms with E-state index in [1.54, 1.807) is 4.90 Å². The quantitative estimate of drug-likeness (QED) is 0.481. The molecule has 0 N–H and O–H groups in total. The van der Waals surface area contributed by atoms with E-state index in [0.717, 1.165) is 37.3 Å². The number of rotatable bonds is 7. The van der Waals surface area contributed by atoms with Crippen LogP contribution in [-0.4, -0.2) is 36.7 Å². The molecule has 1 saturated heterocycles. The number of hydrogen-bond acceptors (Lipinski definition) is 5. The molecular weight excluding hydrogens is 425 g/mol. The van der Waals surface area contributed by atoms with E-state index >= 15 is 0 Å². The van der Waals surface area contributed by atoms with Crippen LogP contribution in [0, 0.1) is 5.82 Å². The molecule has 7 heteroatoms. The summed E-state index contributed by atoms with van der Waals surface area (Å²) in [6, 6.07) is 10.6. The molecule has 2 aliphatic rings. The monoisotopic (exact) mass is 451 g/mol. The number of carbonyl (C=O) groups is 1. The van der Waals surface area contributed by atoms with Crippen molar-refractivity contribution in [3.05, 3.63) is 75.4 Å². The zero-order valence-corrected chi connectivity index (χ0v) is 18.5. The van der Waals surface area contributed by atoms with E-state index in [9.17, 15) is 14.0 Å². The lowest BCUT2D eigenvalue weighted by atomic mass is 9.98. The Balaban J connectivity index is 1.62. The summed E-state index contributed by atoms with van der Waals surface area (Å²) in [6.45, 7) is 3.69. The molecule has 172 valence electrons. The van der Waals surface area contributed by atoms with Gasteiger partial charge in [0.25, 0.3) is 5.91 Å². The number of benzene rings is 2. The second kappa shape index (κ2) is 8.98. The van der Waals surface area contributed by atoms with Crippen molar-refractivity contribution in [3.63, 3.8) is 0 Å². The van der Waals surface area contributed by atoms with E-state index in [1.807, 2.05) is 24.3 Å². The molecule has 0 bridgehead atoms. The van der Waals surface area contributed by atoms with Crippen LogP contribution in [0.25, 0.3) is 11.0 Å². The van der Waals surface area contributed by atoms with E-state index in [0.29, 0.717) is 25.5 Å². The molecule has 2 unspecified atom stereocenters. The van der Waals surface area contributed by atoms with Gasteiger partial charge in [0, 0.05) is 13.2 Å². The van der Waals surface area contributed by atoms with E-state index < -0.39 is 17.3 Å². The summed E-state index contributed by atoms with van der Waals surface area (Å²) >= 11 is 0. The molecule has 5 rings (SSSR count). The molecule has 6 nitrogen and oxygen atoms in total. The molecule has 0 spiro atoms. The minimum Gasteiger partial charge on any atom is -0.494 e. The third kappa shape index (κ3) is 4.02. The van der Waals surface area contributed by atoms with Crippen molar-refractivity contribution in [1.29, 1.82) is 0 Å². The number of halogens is 1. The second-order valence-corrected chi connectivity index (χ2v) is 8.58. The molecular formula is C26H26FNO5. The highest BCUT2D eigenvalue weighted by molar-refractivity contribution is 5.99. The van der Waals surface area contributed by atoms with Gasteiger partial charge in [0.05, 0.1) is 29.7 Å². The minimum absolute atomic E-state index is 0.0133. The van der Waals surface area contributed by atoms with Gasteiger partial charge in [-0.2, -0.15) is 0 Å². The Kier molecular flexibility index (Phi) is 5.89. The Bertz CT molecular complexity index is 1250. The molecule has 1 amide bonds. The van der Waals surface area contributed by atoms with Crippen molar-refractivity contribution in [2.24, 2.45) is 0 Å². The van der Waals surface area contributed by atoms with E-state index in [4.69, 9.17) is 13.9 Å². The number of ether oxygens (including phenoxy) is 2. The van der Waals surface area contributed by atoms with E-state index in [-0.39, 0.29) is 34.3 Å². The SMILES string of the molecule is CCCCOc1cccc(C2c3c(oc4ccc(F)cc4c3=O)C(=O)N2CC2CCCO2)c1. The maximum absolute atomic E-state index is 13.9. The van der Waals surface area contributed by atoms with Gasteiger partial charge in [0.2, 0.25) is 5.76 Å². The number of amides is 1. The van der Waals surface area contributed by atoms with Gasteiger partial charge in [-0.1, -0.05) is 25.5 Å². The molecule has 2 aromatic carbocycles. The third-order valence-electron chi connectivity index (χ3n) is 6.29. The summed E-state index contributed by atoms with van der Waals surface area (Å²) < 4.78 is 31.4. The number of fused-ring (bicyclic) bond motifs is 2. The Hall–Kier alpha value is -3.19. The van der Waals surface area contributed by atoms with Crippen LogP contribution < -0.4 is 10.2 Å². The zero-order valence-electron chi connectivity index (χ0n) is 18.5. The maximum atomic E-state index is 13.9. The van der Waals surface area contributed by atoms with Gasteiger partial charge in [-0.25, -0.2) is 4.39 Å². The van der Waals surface area contributed by atoms with Gasteiger partial charge in [-0.3, -0.25) is 9.59 Å². The highest BCUT2D eigenvalue weighted by Gasteiger charge is 2.44. The van der Waals surface area contributed by atoms with Crippen molar-refractivity contribution >= 4 is 16.9 Å². The lowest BCUT2D eigenvalue weighted by Gasteiger charge is -2.27. The summed E-state index contributed by atoms with van der Waals surface area (Å²) in [4.78, 5) is 28.6. The summed E-state index contributed by atoms with van der Waals surface area (Å²) in [5, 5.41) is 0.126. The topological polar surface area (TPSA) is 69.0 Å². The van der Waals surface area contributed by atoms with Crippen LogP contribution in [0.4, 0.5) is 4.39 Å². The van der Waals surface area contributed by atoms with Gasteiger partial charge >= 0.3 is 0 Å². The Labute approximate surface area is 190 Å². The minimum atomic E-state index is -0.657. The molecule has 1 fully saturated rings. The average molecular weight is 451 g/mol. The first-order chi connectivity index (χ1) is 16.1. The van der Waals surface area contributed by atoms with Crippen LogP contribution in [0.2, 0.25) is 0 Å². The largest absolute Gasteiger partial charge is 0.494 e. The van der Waals surface area contributed by atoms with Gasteiger partial charge < -0.3 is 18.8 Å². The fourth-order valence-electron chi connectivity index (χ4n) is 4.64. The highest BCUT2D eigenvalue weighted by Crippen LogP contribution is 2.39. The van der Waals surface area contributed by atoms with Crippen LogP contribution in [0.3, 0.4) is 0 Å². The maximum Gasteiger partial charge on any atom is 0.291 e. The van der Waals surface area contributed by atoms with Crippen LogP contribution in [0.5, 0.6) is 5.75 Å². The number of carbonyl (C=O) groups excluding carboxylic acids is 1. The summed E-state index contributed by atoms with van der Waals surface area (Å²) in [6.07, 6.45) is 3.63. The van der Waals surface area contributed by atoms with Crippen LogP contribution in [0.15, 0.2) is 51.7 Å². The predicted molar refractivity (Wildman–Crippen MR) is 121 cm³/mol. The molecule has 2 aliphatic heterocycles. The standard InChI is InChI=1S/C26H26FNO5/c1-2-3-11-31-18-7-4-6-16(13-18)23-22-24(29)20-14-17(27)9-10-21(20)33-25(22)26(30)28(23)15-19-8-5-12-32-19/h4,6-7,9-10,13-14,19,23H,2-3,5,8,11-12,15H2,1H3. The first-order valence-corrected chi connectivity index (χ1v) is 11.5. The first kappa shape index (κ1) is 21.6. The molecule has 1 aromatic heterocycles. The van der Waals surface area contributed by atoms with E-state index in [2.05, 4.69) is 6.92 Å². The Morgan fingerprint density at radius 1 is 1.18 bits per heavy atom. The van der Waals surface area contributed by atoms with Crippen molar-refractivity contribution in [2.45, 2.75) is 44.8 Å². The van der Waals surface area contributed by atoms with E-state index in [1.165, 1.54) is 12.1 Å². The van der Waals surface area contributed by atoms with Crippen molar-refractivity contribution in [2.75, 3.05) is 19.8 Å². The summed E-state index contributed by atoms with van der Waals surface area (Å²) in [5.74, 6) is -0.196.